The Morgan fingerprint density at radius 3 is 0.412 bits per heavy atom. The summed E-state index contributed by atoms with van der Waals surface area (Å²) in [6.45, 7) is 0. The van der Waals surface area contributed by atoms with Crippen molar-refractivity contribution in [2.75, 3.05) is 0 Å². The topological polar surface area (TPSA) is 199 Å². The van der Waals surface area contributed by atoms with Crippen LogP contribution in [-0.4, -0.2) is 169 Å². The molecule has 0 saturated carbocycles. The quantitative estimate of drug-likeness (QED) is 0.211. The Labute approximate surface area is 205 Å². The average Bonchev–Trinajstić information content (AvgIpc) is 1.92. The Bertz CT molecular complexity index is 79.9. The van der Waals surface area contributed by atoms with E-state index in [4.69, 9.17) is 40.5 Å². The molecule has 0 radical (unpaired) electrons. The Balaban J connectivity index is -0.00000000653. The van der Waals surface area contributed by atoms with E-state index in [-0.39, 0.29) is 148 Å². The first-order valence-electron chi connectivity index (χ1n) is 1.53. The first kappa shape index (κ1) is 60.3. The molecule has 17 heavy (non-hydrogen) atoms. The molecule has 0 amide bonds. The molecule has 4 N–H and O–H groups in total. The fraction of sp³-hybridized carbons (Fsp3) is 0. The SMILES string of the molecule is O=NO.O=NO.O=NO.O=NO.[NaH].[NaH].[NaH].[NaH].[NaH]. The molecule has 0 bridgehead atoms. The van der Waals surface area contributed by atoms with Gasteiger partial charge in [-0.25, -0.2) is 0 Å². The average molecular weight is 308 g/mol. The van der Waals surface area contributed by atoms with E-state index >= 15 is 0 Å². The van der Waals surface area contributed by atoms with Crippen LogP contribution in [0.1, 0.15) is 0 Å². The molecule has 0 rings (SSSR count). The van der Waals surface area contributed by atoms with Crippen LogP contribution in [0.5, 0.6) is 0 Å². The third kappa shape index (κ3) is 758. The molecule has 0 aromatic carbocycles. The Morgan fingerprint density at radius 2 is 0.412 bits per heavy atom. The molecule has 0 saturated heterocycles. The second kappa shape index (κ2) is 132. The first-order chi connectivity index (χ1) is 5.66. The summed E-state index contributed by atoms with van der Waals surface area (Å²) in [5.41, 5.74) is 0. The van der Waals surface area contributed by atoms with Gasteiger partial charge in [-0.05, 0) is 0 Å². The van der Waals surface area contributed by atoms with Crippen molar-refractivity contribution in [1.29, 1.82) is 0 Å². The van der Waals surface area contributed by atoms with Gasteiger partial charge in [0.25, 0.3) is 0 Å². The zero-order chi connectivity index (χ0) is 10.8. The second-order valence-corrected chi connectivity index (χ2v) is 0.327. The van der Waals surface area contributed by atoms with Crippen molar-refractivity contribution in [1.82, 2.24) is 0 Å². The van der Waals surface area contributed by atoms with Gasteiger partial charge in [-0.3, -0.25) is 0 Å². The molecule has 0 aliphatic rings. The number of rotatable bonds is 0. The molecule has 0 aromatic heterocycles. The van der Waals surface area contributed by atoms with Gasteiger partial charge in [-0.15, -0.1) is 19.6 Å². The first-order valence-corrected chi connectivity index (χ1v) is 1.53. The van der Waals surface area contributed by atoms with Crippen LogP contribution in [0.2, 0.25) is 0 Å². The van der Waals surface area contributed by atoms with Gasteiger partial charge in [0.15, 0.2) is 21.4 Å². The van der Waals surface area contributed by atoms with Crippen LogP contribution in [0, 0.1) is 19.6 Å². The third-order valence-electron chi connectivity index (χ3n) is 0. The minimum atomic E-state index is 0. The standard InChI is InChI=1S/4HNO2.5Na.5H/c4*2-1-3;;;;;;;;;;/h4*(H,2,3);;;;;;;;;;. The van der Waals surface area contributed by atoms with E-state index in [0.29, 0.717) is 0 Å². The van der Waals surface area contributed by atoms with Crippen LogP contribution in [0.15, 0.2) is 21.4 Å². The predicted molar refractivity (Wildman–Crippen MR) is 66.1 cm³/mol. The van der Waals surface area contributed by atoms with E-state index in [9.17, 15) is 0 Å². The summed E-state index contributed by atoms with van der Waals surface area (Å²) in [5, 5.41) is 31.6. The van der Waals surface area contributed by atoms with Crippen LogP contribution >= 0.6 is 0 Å². The van der Waals surface area contributed by atoms with Gasteiger partial charge in [0.1, 0.15) is 0 Å². The van der Waals surface area contributed by atoms with Crippen molar-refractivity contribution in [3.8, 4) is 0 Å². The molecule has 0 atom stereocenters. The van der Waals surface area contributed by atoms with Crippen molar-refractivity contribution >= 4 is 148 Å². The predicted octanol–water partition coefficient (Wildman–Crippen LogP) is -2.67. The molecule has 0 fully saturated rings. The van der Waals surface area contributed by atoms with Gasteiger partial charge in [0.2, 0.25) is 0 Å². The van der Waals surface area contributed by atoms with Crippen molar-refractivity contribution in [3.63, 3.8) is 0 Å². The zero-order valence-corrected chi connectivity index (χ0v) is 5.21. The summed E-state index contributed by atoms with van der Waals surface area (Å²) in [6.07, 6.45) is 0. The molecular formula is H9N4Na5O8. The van der Waals surface area contributed by atoms with Gasteiger partial charge in [0, 0.05) is 0 Å². The van der Waals surface area contributed by atoms with Crippen LogP contribution in [-0.2, 0) is 0 Å². The van der Waals surface area contributed by atoms with Crippen molar-refractivity contribution in [2.45, 2.75) is 0 Å². The molecule has 12 nitrogen and oxygen atoms in total. The Kier molecular flexibility index (Phi) is 470. The van der Waals surface area contributed by atoms with Crippen molar-refractivity contribution < 1.29 is 20.8 Å². The molecule has 0 aliphatic heterocycles. The summed E-state index contributed by atoms with van der Waals surface area (Å²) in [5.74, 6) is 0. The zero-order valence-electron chi connectivity index (χ0n) is 5.21. The summed E-state index contributed by atoms with van der Waals surface area (Å²) < 4.78 is 0. The van der Waals surface area contributed by atoms with Crippen LogP contribution in [0.3, 0.4) is 0 Å². The van der Waals surface area contributed by atoms with E-state index in [0.717, 1.165) is 0 Å². The second-order valence-electron chi connectivity index (χ2n) is 0.327. The summed E-state index contributed by atoms with van der Waals surface area (Å²) in [4.78, 5) is 32.4. The Hall–Kier alpha value is 2.60. The summed E-state index contributed by atoms with van der Waals surface area (Å²) in [7, 11) is 0. The molecule has 0 spiro atoms. The maximum absolute atomic E-state index is 8.11. The molecule has 17 heteroatoms. The summed E-state index contributed by atoms with van der Waals surface area (Å²) in [6, 6.07) is 0. The van der Waals surface area contributed by atoms with Gasteiger partial charge >= 0.3 is 148 Å². The fourth-order valence-corrected chi connectivity index (χ4v) is 0. The number of hydrogen-bond donors (Lipinski definition) is 4. The number of hydrogen-bond acceptors (Lipinski definition) is 8. The van der Waals surface area contributed by atoms with Crippen molar-refractivity contribution in [3.05, 3.63) is 19.6 Å². The molecule has 0 aliphatic carbocycles. The van der Waals surface area contributed by atoms with Crippen LogP contribution in [0.25, 0.3) is 0 Å². The molecule has 0 aromatic rings. The molecular weight excluding hydrogens is 299 g/mol. The molecule has 0 unspecified atom stereocenters. The van der Waals surface area contributed by atoms with E-state index < -0.39 is 0 Å². The van der Waals surface area contributed by atoms with Crippen LogP contribution < -0.4 is 0 Å². The molecule has 0 heterocycles. The van der Waals surface area contributed by atoms with E-state index in [2.05, 4.69) is 0 Å². The molecule has 82 valence electrons. The van der Waals surface area contributed by atoms with Gasteiger partial charge in [-0.2, -0.15) is 0 Å². The maximum atomic E-state index is 8.11. The fourth-order valence-electron chi connectivity index (χ4n) is 0. The van der Waals surface area contributed by atoms with Crippen molar-refractivity contribution in [2.24, 2.45) is 21.4 Å². The van der Waals surface area contributed by atoms with Crippen LogP contribution in [0.4, 0.5) is 0 Å². The van der Waals surface area contributed by atoms with Gasteiger partial charge in [-0.1, -0.05) is 0 Å². The van der Waals surface area contributed by atoms with E-state index in [1.165, 1.54) is 21.4 Å². The normalized spacial score (nSPS) is 2.82. The monoisotopic (exact) mass is 308 g/mol. The number of nitrogens with zero attached hydrogens (tertiary/aromatic N) is 4. The summed E-state index contributed by atoms with van der Waals surface area (Å²) >= 11 is 0. The Morgan fingerprint density at radius 1 is 0.412 bits per heavy atom. The van der Waals surface area contributed by atoms with E-state index in [1.54, 1.807) is 0 Å². The van der Waals surface area contributed by atoms with Gasteiger partial charge < -0.3 is 20.8 Å². The van der Waals surface area contributed by atoms with E-state index in [1.807, 2.05) is 0 Å². The van der Waals surface area contributed by atoms with Gasteiger partial charge in [0.05, 0.1) is 0 Å². The third-order valence-corrected chi connectivity index (χ3v) is 0. The minimum absolute atomic E-state index is 0.